The summed E-state index contributed by atoms with van der Waals surface area (Å²) in [5.41, 5.74) is 0.748. The Morgan fingerprint density at radius 1 is 1.03 bits per heavy atom. The fourth-order valence-corrected chi connectivity index (χ4v) is 8.43. The lowest BCUT2D eigenvalue weighted by Crippen LogP contribution is -2.54. The van der Waals surface area contributed by atoms with Crippen LogP contribution >= 0.6 is 11.8 Å². The zero-order chi connectivity index (χ0) is 24.4. The molecule has 7 nitrogen and oxygen atoms in total. The van der Waals surface area contributed by atoms with Gasteiger partial charge >= 0.3 is 5.97 Å². The van der Waals surface area contributed by atoms with Gasteiger partial charge < -0.3 is 19.6 Å². The molecule has 0 aliphatic carbocycles. The minimum atomic E-state index is -0.935. The average molecular weight is 491 g/mol. The number of hydrogen-bond acceptors (Lipinski definition) is 6. The van der Waals surface area contributed by atoms with Gasteiger partial charge in [-0.15, -0.1) is 11.8 Å². The quantitative estimate of drug-likeness (QED) is 0.526. The third kappa shape index (κ3) is 3.12. The molecule has 4 heterocycles. The number of aliphatic hydroxyl groups excluding tert-OH is 1. The van der Waals surface area contributed by atoms with E-state index in [0.717, 1.165) is 16.5 Å². The molecule has 2 fully saturated rings. The molecule has 0 saturated carbocycles. The predicted octanol–water partition coefficient (Wildman–Crippen LogP) is 2.54. The number of likely N-dealkylation sites (tertiary alicyclic amines) is 1. The fraction of sp³-hybridized carbons (Fsp3) is 0.370. The van der Waals surface area contributed by atoms with E-state index in [2.05, 4.69) is 0 Å². The van der Waals surface area contributed by atoms with Crippen molar-refractivity contribution in [2.24, 2.45) is 11.8 Å². The molecule has 0 radical (unpaired) electrons. The van der Waals surface area contributed by atoms with Crippen LogP contribution in [-0.2, 0) is 19.1 Å². The van der Waals surface area contributed by atoms with E-state index in [1.54, 1.807) is 4.90 Å². The molecule has 2 saturated heterocycles. The highest BCUT2D eigenvalue weighted by Gasteiger charge is 2.74. The van der Waals surface area contributed by atoms with Crippen molar-refractivity contribution < 1.29 is 24.2 Å². The van der Waals surface area contributed by atoms with Gasteiger partial charge in [0.15, 0.2) is 0 Å². The first-order valence-corrected chi connectivity index (χ1v) is 12.6. The van der Waals surface area contributed by atoms with Crippen LogP contribution in [0.4, 0.5) is 5.69 Å². The molecule has 4 aliphatic rings. The number of benzene rings is 2. The van der Waals surface area contributed by atoms with Crippen LogP contribution in [0.5, 0.6) is 0 Å². The van der Waals surface area contributed by atoms with Gasteiger partial charge in [0.1, 0.15) is 12.6 Å². The highest BCUT2D eigenvalue weighted by Crippen LogP contribution is 2.65. The number of amides is 2. The summed E-state index contributed by atoms with van der Waals surface area (Å²) < 4.78 is 3.81. The van der Waals surface area contributed by atoms with E-state index in [1.807, 2.05) is 73.7 Å². The van der Waals surface area contributed by atoms with Crippen LogP contribution in [-0.4, -0.2) is 69.6 Å². The first-order chi connectivity index (χ1) is 16.9. The van der Waals surface area contributed by atoms with Crippen molar-refractivity contribution in [2.45, 2.75) is 22.5 Å². The Morgan fingerprint density at radius 2 is 1.83 bits per heavy atom. The molecule has 180 valence electrons. The zero-order valence-electron chi connectivity index (χ0n) is 19.3. The van der Waals surface area contributed by atoms with Gasteiger partial charge in [0.2, 0.25) is 5.91 Å². The number of β-amino-alcohol motifs (C(OH)–C–C–N with tert-alkyl or cyclic N) is 1. The summed E-state index contributed by atoms with van der Waals surface area (Å²) in [4.78, 5) is 44.4. The third-order valence-electron chi connectivity index (χ3n) is 7.70. The Morgan fingerprint density at radius 3 is 2.63 bits per heavy atom. The van der Waals surface area contributed by atoms with Crippen LogP contribution in [0.25, 0.3) is 10.8 Å². The van der Waals surface area contributed by atoms with Crippen molar-refractivity contribution in [1.29, 1.82) is 0 Å². The first-order valence-electron chi connectivity index (χ1n) is 11.8. The lowest BCUT2D eigenvalue weighted by Gasteiger charge is -2.36. The fourth-order valence-electron chi connectivity index (χ4n) is 6.28. The maximum Gasteiger partial charge on any atom is 0.311 e. The van der Waals surface area contributed by atoms with Crippen molar-refractivity contribution in [3.8, 4) is 0 Å². The van der Waals surface area contributed by atoms with Gasteiger partial charge in [-0.3, -0.25) is 14.4 Å². The minimum absolute atomic E-state index is 0.0295. The van der Waals surface area contributed by atoms with E-state index in [0.29, 0.717) is 6.54 Å². The van der Waals surface area contributed by atoms with Crippen LogP contribution in [0.15, 0.2) is 66.8 Å². The number of esters is 1. The second-order valence-electron chi connectivity index (χ2n) is 9.67. The van der Waals surface area contributed by atoms with E-state index >= 15 is 0 Å². The average Bonchev–Trinajstić information content (AvgIpc) is 3.09. The Kier molecular flexibility index (Phi) is 5.09. The largest absolute Gasteiger partial charge is 0.461 e. The molecule has 6 rings (SSSR count). The number of anilines is 1. The summed E-state index contributed by atoms with van der Waals surface area (Å²) in [5, 5.41) is 11.9. The second kappa shape index (κ2) is 7.96. The number of hydrogen-bond donors (Lipinski definition) is 1. The number of ether oxygens (including phenoxy) is 1. The van der Waals surface area contributed by atoms with Gasteiger partial charge in [0.05, 0.1) is 23.2 Å². The predicted molar refractivity (Wildman–Crippen MR) is 134 cm³/mol. The molecule has 2 amide bonds. The van der Waals surface area contributed by atoms with Crippen molar-refractivity contribution in [3.05, 3.63) is 66.8 Å². The van der Waals surface area contributed by atoms with E-state index in [-0.39, 0.29) is 31.6 Å². The topological polar surface area (TPSA) is 87.1 Å². The summed E-state index contributed by atoms with van der Waals surface area (Å²) in [6.07, 6.45) is 7.66. The highest BCUT2D eigenvalue weighted by atomic mass is 32.2. The molecule has 2 aromatic rings. The Hall–Kier alpha value is -3.10. The summed E-state index contributed by atoms with van der Waals surface area (Å²) >= 11 is 1.50. The van der Waals surface area contributed by atoms with Crippen LogP contribution in [0, 0.1) is 11.8 Å². The maximum absolute atomic E-state index is 14.3. The van der Waals surface area contributed by atoms with E-state index < -0.39 is 33.3 Å². The normalized spacial score (nSPS) is 33.9. The van der Waals surface area contributed by atoms with E-state index in [9.17, 15) is 19.5 Å². The molecule has 0 bridgehead atoms. The number of cyclic esters (lactones) is 1. The van der Waals surface area contributed by atoms with E-state index in [4.69, 9.17) is 4.74 Å². The number of rotatable bonds is 3. The monoisotopic (exact) mass is 490 g/mol. The number of aliphatic hydroxyl groups is 1. The minimum Gasteiger partial charge on any atom is -0.461 e. The summed E-state index contributed by atoms with van der Waals surface area (Å²) in [5.74, 6) is -2.37. The van der Waals surface area contributed by atoms with Gasteiger partial charge in [-0.2, -0.15) is 0 Å². The smallest absolute Gasteiger partial charge is 0.311 e. The zero-order valence-corrected chi connectivity index (χ0v) is 20.1. The lowest BCUT2D eigenvalue weighted by molar-refractivity contribution is -0.152. The van der Waals surface area contributed by atoms with Gasteiger partial charge in [0, 0.05) is 23.5 Å². The van der Waals surface area contributed by atoms with Crippen molar-refractivity contribution in [1.82, 2.24) is 4.90 Å². The van der Waals surface area contributed by atoms with Crippen LogP contribution in [0.3, 0.4) is 0 Å². The number of fused-ring (bicyclic) bond motifs is 3. The van der Waals surface area contributed by atoms with Crippen molar-refractivity contribution >= 4 is 46.0 Å². The molecule has 1 unspecified atom stereocenters. The van der Waals surface area contributed by atoms with Gasteiger partial charge in [-0.1, -0.05) is 48.6 Å². The SMILES string of the molecule is C[C@]12C=CCOC(=O)[C@H]1[C@H]1C(=O)N(CCO)C3C(=O)N(c4ccc5ccccc5c4)CC=C[C@@]31S2. The molecule has 2 aromatic carbocycles. The second-order valence-corrected chi connectivity index (χ2v) is 11.5. The summed E-state index contributed by atoms with van der Waals surface area (Å²) in [6, 6.07) is 13.0. The molecular weight excluding hydrogens is 464 g/mol. The van der Waals surface area contributed by atoms with Crippen LogP contribution in [0.1, 0.15) is 6.92 Å². The number of carbonyl (C=O) groups excluding carboxylic acids is 3. The third-order valence-corrected chi connectivity index (χ3v) is 9.49. The molecule has 1 spiro atoms. The highest BCUT2D eigenvalue weighted by molar-refractivity contribution is 8.02. The maximum atomic E-state index is 14.3. The Balaban J connectivity index is 1.48. The summed E-state index contributed by atoms with van der Waals surface area (Å²) in [6.45, 7) is 2.24. The van der Waals surface area contributed by atoms with Crippen molar-refractivity contribution in [2.75, 3.05) is 31.2 Å². The number of carbonyl (C=O) groups is 3. The van der Waals surface area contributed by atoms with Gasteiger partial charge in [-0.05, 0) is 35.9 Å². The standard InChI is InChI=1S/C27H26N2O5S/c1-26-10-5-15-34-25(33)21(26)20-23(31)29(13-14-30)22-24(32)28(12-4-11-27(20,22)35-26)19-9-8-17-6-2-3-7-18(17)16-19/h2-11,16,20-22,30H,12-15H2,1H3/t20-,21+,22?,26-,27-/m0/s1. The first kappa shape index (κ1) is 22.4. The van der Waals surface area contributed by atoms with Crippen LogP contribution < -0.4 is 4.90 Å². The molecule has 8 heteroatoms. The lowest BCUT2D eigenvalue weighted by atomic mass is 9.75. The van der Waals surface area contributed by atoms with Gasteiger partial charge in [0.25, 0.3) is 5.91 Å². The molecular formula is C27H26N2O5S. The van der Waals surface area contributed by atoms with E-state index in [1.165, 1.54) is 16.7 Å². The van der Waals surface area contributed by atoms with Gasteiger partial charge in [-0.25, -0.2) is 0 Å². The molecule has 5 atom stereocenters. The number of nitrogens with zero attached hydrogens (tertiary/aromatic N) is 2. The number of thioether (sulfide) groups is 1. The Labute approximate surface area is 207 Å². The molecule has 35 heavy (non-hydrogen) atoms. The molecule has 4 aliphatic heterocycles. The van der Waals surface area contributed by atoms with Crippen LogP contribution in [0.2, 0.25) is 0 Å². The Bertz CT molecular complexity index is 1310. The van der Waals surface area contributed by atoms with Crippen molar-refractivity contribution in [3.63, 3.8) is 0 Å². The summed E-state index contributed by atoms with van der Waals surface area (Å²) in [7, 11) is 0. The molecule has 0 aromatic heterocycles. The molecule has 1 N–H and O–H groups in total.